The summed E-state index contributed by atoms with van der Waals surface area (Å²) in [7, 11) is -3.73. The Balaban J connectivity index is 1.50. The van der Waals surface area contributed by atoms with Crippen molar-refractivity contribution in [3.05, 3.63) is 59.9 Å². The molecule has 3 fully saturated rings. The second-order valence-corrected chi connectivity index (χ2v) is 11.1. The highest BCUT2D eigenvalue weighted by Crippen LogP contribution is 2.59. The van der Waals surface area contributed by atoms with Crippen LogP contribution >= 0.6 is 0 Å². The summed E-state index contributed by atoms with van der Waals surface area (Å²) in [4.78, 5) is 16.8. The number of hydrogen-bond acceptors (Lipinski definition) is 3. The zero-order valence-corrected chi connectivity index (χ0v) is 18.7. The molecule has 1 saturated carbocycles. The summed E-state index contributed by atoms with van der Waals surface area (Å²) in [5.41, 5.74) is 1.57. The number of urea groups is 1. The van der Waals surface area contributed by atoms with Crippen molar-refractivity contribution in [1.29, 1.82) is 0 Å². The normalized spacial score (nSPS) is 23.9. The highest BCUT2D eigenvalue weighted by atomic mass is 32.2. The molecule has 0 bridgehead atoms. The molecule has 0 radical (unpaired) electrons. The molecule has 2 heterocycles. The molecule has 2 aromatic rings. The first-order valence-corrected chi connectivity index (χ1v) is 12.9. The third kappa shape index (κ3) is 3.90. The van der Waals surface area contributed by atoms with Crippen molar-refractivity contribution in [2.24, 2.45) is 16.5 Å². The van der Waals surface area contributed by atoms with Gasteiger partial charge in [0.1, 0.15) is 5.82 Å². The summed E-state index contributed by atoms with van der Waals surface area (Å²) in [5.74, 6) is -0.787. The Morgan fingerprint density at radius 2 is 1.81 bits per heavy atom. The first kappa shape index (κ1) is 21.4. The summed E-state index contributed by atoms with van der Waals surface area (Å²) >= 11 is 0. The largest absolute Gasteiger partial charge is 0.325 e. The molecular weight excluding hydrogens is 429 g/mol. The highest BCUT2D eigenvalue weighted by Gasteiger charge is 2.61. The van der Waals surface area contributed by atoms with Gasteiger partial charge in [-0.3, -0.25) is 0 Å². The highest BCUT2D eigenvalue weighted by molar-refractivity contribution is 7.89. The molecule has 0 aromatic heterocycles. The number of benzene rings is 2. The number of carbonyl (C=O) groups is 1. The van der Waals surface area contributed by atoms with Crippen LogP contribution in [0, 0.1) is 17.2 Å². The summed E-state index contributed by atoms with van der Waals surface area (Å²) < 4.78 is 39.7. The smallest absolute Gasteiger partial charge is 0.320 e. The summed E-state index contributed by atoms with van der Waals surface area (Å²) in [6.07, 6.45) is 3.00. The van der Waals surface area contributed by atoms with E-state index in [2.05, 4.69) is 0 Å². The Bertz CT molecular complexity index is 1130. The van der Waals surface area contributed by atoms with Gasteiger partial charge in [0.25, 0.3) is 0 Å². The minimum atomic E-state index is -3.73. The van der Waals surface area contributed by atoms with E-state index in [1.54, 1.807) is 21.9 Å². The Labute approximate surface area is 188 Å². The molecule has 1 spiro atoms. The summed E-state index contributed by atoms with van der Waals surface area (Å²) in [5, 5.41) is 5.45. The number of rotatable bonds is 5. The number of nitrogens with two attached hydrogens (primary N) is 1. The van der Waals surface area contributed by atoms with Crippen LogP contribution in [0.25, 0.3) is 11.1 Å². The second kappa shape index (κ2) is 7.85. The van der Waals surface area contributed by atoms with Crippen LogP contribution < -0.4 is 5.14 Å². The first-order chi connectivity index (χ1) is 15.3. The second-order valence-electron chi connectivity index (χ2n) is 9.47. The maximum Gasteiger partial charge on any atom is 0.320 e. The minimum Gasteiger partial charge on any atom is -0.325 e. The van der Waals surface area contributed by atoms with Gasteiger partial charge in [-0.1, -0.05) is 48.5 Å². The van der Waals surface area contributed by atoms with E-state index >= 15 is 4.39 Å². The van der Waals surface area contributed by atoms with Gasteiger partial charge in [-0.25, -0.2) is 22.7 Å². The van der Waals surface area contributed by atoms with Crippen LogP contribution in [0.5, 0.6) is 0 Å². The van der Waals surface area contributed by atoms with E-state index in [0.29, 0.717) is 30.8 Å². The molecule has 2 atom stereocenters. The first-order valence-electron chi connectivity index (χ1n) is 11.2. The Hall–Kier alpha value is -2.45. The van der Waals surface area contributed by atoms with Gasteiger partial charge in [0.2, 0.25) is 10.0 Å². The van der Waals surface area contributed by atoms with Crippen molar-refractivity contribution in [2.45, 2.75) is 31.7 Å². The quantitative estimate of drug-likeness (QED) is 0.748. The molecule has 2 amide bonds. The Kier molecular flexibility index (Phi) is 5.25. The molecule has 2 N–H and O–H groups in total. The van der Waals surface area contributed by atoms with Crippen LogP contribution in [0.4, 0.5) is 9.18 Å². The monoisotopic (exact) mass is 457 g/mol. The molecule has 6 nitrogen and oxygen atoms in total. The fraction of sp³-hybridized carbons (Fsp3) is 0.458. The molecule has 170 valence electrons. The van der Waals surface area contributed by atoms with E-state index in [1.807, 2.05) is 36.4 Å². The molecular formula is C24H28FN3O3S. The van der Waals surface area contributed by atoms with Crippen LogP contribution in [0.2, 0.25) is 0 Å². The molecule has 32 heavy (non-hydrogen) atoms. The van der Waals surface area contributed by atoms with E-state index in [4.69, 9.17) is 5.14 Å². The van der Waals surface area contributed by atoms with E-state index in [0.717, 1.165) is 24.8 Å². The van der Waals surface area contributed by atoms with Crippen molar-refractivity contribution >= 4 is 16.1 Å². The van der Waals surface area contributed by atoms with Crippen LogP contribution in [0.1, 0.15) is 24.8 Å². The molecule has 5 rings (SSSR count). The van der Waals surface area contributed by atoms with Crippen LogP contribution in [-0.2, 0) is 16.4 Å². The van der Waals surface area contributed by atoms with Gasteiger partial charge in [-0.05, 0) is 42.2 Å². The third-order valence-electron chi connectivity index (χ3n) is 7.41. The van der Waals surface area contributed by atoms with Crippen molar-refractivity contribution < 1.29 is 17.6 Å². The lowest BCUT2D eigenvalue weighted by Gasteiger charge is -2.37. The zero-order chi connectivity index (χ0) is 22.5. The predicted molar refractivity (Wildman–Crippen MR) is 121 cm³/mol. The van der Waals surface area contributed by atoms with Gasteiger partial charge in [-0.15, -0.1) is 0 Å². The Morgan fingerprint density at radius 1 is 1.09 bits per heavy atom. The molecule has 8 heteroatoms. The zero-order valence-electron chi connectivity index (χ0n) is 17.9. The molecule has 2 aliphatic heterocycles. The average Bonchev–Trinajstić information content (AvgIpc) is 3.43. The fourth-order valence-corrected chi connectivity index (χ4v) is 6.46. The molecule has 2 aromatic carbocycles. The lowest BCUT2D eigenvalue weighted by atomic mass is 9.86. The average molecular weight is 458 g/mol. The van der Waals surface area contributed by atoms with E-state index < -0.39 is 16.1 Å². The number of halogens is 1. The number of nitrogens with zero attached hydrogens (tertiary/aromatic N) is 2. The van der Waals surface area contributed by atoms with Crippen LogP contribution in [0.3, 0.4) is 0 Å². The number of hydrogen-bond donors (Lipinski definition) is 1. The minimum absolute atomic E-state index is 0.0657. The van der Waals surface area contributed by atoms with Gasteiger partial charge < -0.3 is 9.80 Å². The number of sulfonamides is 1. The lowest BCUT2D eigenvalue weighted by Crippen LogP contribution is -2.52. The standard InChI is InChI=1S/C24H28FN3O3S/c25-22-18(8-4-9-19(22)17-6-2-1-3-7-17)14-21-20(15-32(26,30)31)24(10-11-24)16-28(21)23(29)27-12-5-13-27/h1-4,6-9,20-21H,5,10-16H2,(H2,26,30,31). The number of carbonyl (C=O) groups excluding carboxylic acids is 1. The van der Waals surface area contributed by atoms with E-state index in [9.17, 15) is 13.2 Å². The maximum absolute atomic E-state index is 15.6. The predicted octanol–water partition coefficient (Wildman–Crippen LogP) is 3.23. The summed E-state index contributed by atoms with van der Waals surface area (Å²) in [6.45, 7) is 1.95. The summed E-state index contributed by atoms with van der Waals surface area (Å²) in [6, 6.07) is 14.2. The van der Waals surface area contributed by atoms with Gasteiger partial charge in [0.15, 0.2) is 0 Å². The molecule has 1 aliphatic carbocycles. The van der Waals surface area contributed by atoms with Gasteiger partial charge in [-0.2, -0.15) is 0 Å². The topological polar surface area (TPSA) is 83.7 Å². The van der Waals surface area contributed by atoms with Crippen LogP contribution in [-0.4, -0.2) is 55.7 Å². The number of amides is 2. The van der Waals surface area contributed by atoms with Gasteiger partial charge in [0.05, 0.1) is 5.75 Å². The van der Waals surface area contributed by atoms with Crippen LogP contribution in [0.15, 0.2) is 48.5 Å². The lowest BCUT2D eigenvalue weighted by molar-refractivity contribution is 0.118. The molecule has 2 saturated heterocycles. The fourth-order valence-electron chi connectivity index (χ4n) is 5.38. The SMILES string of the molecule is NS(=O)(=O)CC1C(Cc2cccc(-c3ccccc3)c2F)N(C(=O)N2CCC2)CC12CC2. The Morgan fingerprint density at radius 3 is 2.41 bits per heavy atom. The maximum atomic E-state index is 15.6. The van der Waals surface area contributed by atoms with E-state index in [1.165, 1.54) is 0 Å². The number of likely N-dealkylation sites (tertiary alicyclic amines) is 2. The van der Waals surface area contributed by atoms with Crippen molar-refractivity contribution in [2.75, 3.05) is 25.4 Å². The molecule has 3 aliphatic rings. The molecule has 2 unspecified atom stereocenters. The van der Waals surface area contributed by atoms with Crippen molar-refractivity contribution in [3.8, 4) is 11.1 Å². The van der Waals surface area contributed by atoms with Gasteiger partial charge in [0, 0.05) is 37.2 Å². The third-order valence-corrected chi connectivity index (χ3v) is 8.23. The van der Waals surface area contributed by atoms with Crippen molar-refractivity contribution in [3.63, 3.8) is 0 Å². The number of primary sulfonamides is 1. The van der Waals surface area contributed by atoms with E-state index in [-0.39, 0.29) is 35.4 Å². The van der Waals surface area contributed by atoms with Gasteiger partial charge >= 0.3 is 6.03 Å². The van der Waals surface area contributed by atoms with Crippen molar-refractivity contribution in [1.82, 2.24) is 9.80 Å².